The molecule has 25 heavy (non-hydrogen) atoms. The summed E-state index contributed by atoms with van der Waals surface area (Å²) >= 11 is 5.53. The quantitative estimate of drug-likeness (QED) is 0.596. The summed E-state index contributed by atoms with van der Waals surface area (Å²) in [6.45, 7) is 0. The number of fused-ring (bicyclic) bond motifs is 1. The number of pyridine rings is 1. The molecule has 1 heterocycles. The van der Waals surface area contributed by atoms with Gasteiger partial charge in [0.05, 0.1) is 5.56 Å². The van der Waals surface area contributed by atoms with Gasteiger partial charge in [0.2, 0.25) is 0 Å². The number of benzene rings is 1. The molecule has 0 saturated carbocycles. The molecule has 0 amide bonds. The molecule has 2 nitrogen and oxygen atoms in total. The summed E-state index contributed by atoms with van der Waals surface area (Å²) in [5.41, 5.74) is 5.50. The van der Waals surface area contributed by atoms with Crippen LogP contribution in [0.3, 0.4) is 0 Å². The number of nitrogens with one attached hydrogen (secondary N) is 1. The Bertz CT molecular complexity index is 799. The van der Waals surface area contributed by atoms with Gasteiger partial charge in [-0.25, -0.2) is 0 Å². The molecule has 0 radical (unpaired) electrons. The summed E-state index contributed by atoms with van der Waals surface area (Å²) < 4.78 is 0.590. The third kappa shape index (κ3) is 4.38. The van der Waals surface area contributed by atoms with Crippen LogP contribution in [-0.2, 0) is 12.8 Å². The lowest BCUT2D eigenvalue weighted by Crippen LogP contribution is -2.06. The summed E-state index contributed by atoms with van der Waals surface area (Å²) in [5, 5.41) is 9.69. The van der Waals surface area contributed by atoms with Crippen LogP contribution < -0.4 is 0 Å². The van der Waals surface area contributed by atoms with Crippen LogP contribution in [0, 0.1) is 16.0 Å². The molecule has 1 aromatic heterocycles. The second kappa shape index (κ2) is 8.97. The average molecular weight is 351 g/mol. The molecule has 0 bridgehead atoms. The van der Waals surface area contributed by atoms with Gasteiger partial charge in [0.1, 0.15) is 10.7 Å². The third-order valence-electron chi connectivity index (χ3n) is 5.21. The lowest BCUT2D eigenvalue weighted by atomic mass is 9.89. The Hall–Kier alpha value is -1.92. The van der Waals surface area contributed by atoms with Crippen molar-refractivity contribution in [3.8, 4) is 17.3 Å². The highest BCUT2D eigenvalue weighted by molar-refractivity contribution is 7.71. The van der Waals surface area contributed by atoms with Crippen molar-refractivity contribution in [1.82, 2.24) is 4.98 Å². The Morgan fingerprint density at radius 1 is 0.800 bits per heavy atom. The van der Waals surface area contributed by atoms with Gasteiger partial charge < -0.3 is 4.98 Å². The summed E-state index contributed by atoms with van der Waals surface area (Å²) in [4.78, 5) is 3.38. The zero-order valence-corrected chi connectivity index (χ0v) is 15.6. The first kappa shape index (κ1) is 17.9. The largest absolute Gasteiger partial charge is 0.345 e. The van der Waals surface area contributed by atoms with Crippen molar-refractivity contribution in [3.63, 3.8) is 0 Å². The van der Waals surface area contributed by atoms with Gasteiger partial charge in [0.15, 0.2) is 0 Å². The third-order valence-corrected chi connectivity index (χ3v) is 5.52. The Morgan fingerprint density at radius 2 is 1.36 bits per heavy atom. The Kier molecular flexibility index (Phi) is 6.42. The topological polar surface area (TPSA) is 39.6 Å². The highest BCUT2D eigenvalue weighted by atomic mass is 32.1. The van der Waals surface area contributed by atoms with E-state index in [-0.39, 0.29) is 0 Å². The molecule has 0 atom stereocenters. The number of rotatable bonds is 1. The zero-order valence-electron chi connectivity index (χ0n) is 14.8. The maximum atomic E-state index is 9.69. The molecule has 2 aromatic rings. The number of aromatic nitrogens is 1. The minimum Gasteiger partial charge on any atom is -0.345 e. The molecule has 3 rings (SSSR count). The van der Waals surface area contributed by atoms with Crippen LogP contribution in [0.2, 0.25) is 0 Å². The first-order valence-electron chi connectivity index (χ1n) is 9.55. The van der Waals surface area contributed by atoms with E-state index >= 15 is 0 Å². The molecule has 0 aliphatic heterocycles. The molecular weight excluding hydrogens is 324 g/mol. The molecule has 1 N–H and O–H groups in total. The van der Waals surface area contributed by atoms with Crippen molar-refractivity contribution in [2.45, 2.75) is 64.2 Å². The summed E-state index contributed by atoms with van der Waals surface area (Å²) in [5.74, 6) is 0. The SMILES string of the molecule is N#Cc1c2c(c(-c3ccccc3)[nH]c1=S)CCCCCCCCCC2. The van der Waals surface area contributed by atoms with Crippen LogP contribution >= 0.6 is 12.2 Å². The molecule has 3 heteroatoms. The molecule has 0 fully saturated rings. The smallest absolute Gasteiger partial charge is 0.121 e. The van der Waals surface area contributed by atoms with Crippen LogP contribution in [0.5, 0.6) is 0 Å². The molecule has 0 unspecified atom stereocenters. The lowest BCUT2D eigenvalue weighted by Gasteiger charge is -2.18. The predicted octanol–water partition coefficient (Wildman–Crippen LogP) is 6.50. The number of hydrogen-bond donors (Lipinski definition) is 1. The summed E-state index contributed by atoms with van der Waals surface area (Å²) in [6, 6.07) is 12.8. The van der Waals surface area contributed by atoms with E-state index in [1.54, 1.807) is 0 Å². The highest BCUT2D eigenvalue weighted by Gasteiger charge is 2.17. The minimum absolute atomic E-state index is 0.590. The number of nitriles is 1. The van der Waals surface area contributed by atoms with E-state index in [1.807, 2.05) is 6.07 Å². The molecule has 1 aliphatic rings. The van der Waals surface area contributed by atoms with E-state index in [4.69, 9.17) is 12.2 Å². The Balaban J connectivity index is 2.10. The van der Waals surface area contributed by atoms with Gasteiger partial charge in [0.25, 0.3) is 0 Å². The standard InChI is InChI=1S/C22H26N2S/c23-16-20-18-14-10-5-3-1-2-4-6-11-15-19(18)21(24-22(20)25)17-12-8-7-9-13-17/h7-9,12-13H,1-6,10-11,14-15H2,(H,24,25). The van der Waals surface area contributed by atoms with Crippen molar-refractivity contribution < 1.29 is 0 Å². The Morgan fingerprint density at radius 3 is 1.96 bits per heavy atom. The van der Waals surface area contributed by atoms with Crippen molar-refractivity contribution >= 4 is 12.2 Å². The fourth-order valence-corrected chi connectivity index (χ4v) is 4.15. The molecule has 130 valence electrons. The fourth-order valence-electron chi connectivity index (χ4n) is 3.88. The molecular formula is C22H26N2S. The molecule has 1 aromatic carbocycles. The van der Waals surface area contributed by atoms with Gasteiger partial charge in [0, 0.05) is 5.69 Å². The molecule has 1 aliphatic carbocycles. The molecule has 0 saturated heterocycles. The first-order chi connectivity index (χ1) is 12.3. The lowest BCUT2D eigenvalue weighted by molar-refractivity contribution is 0.559. The van der Waals surface area contributed by atoms with E-state index in [9.17, 15) is 5.26 Å². The highest BCUT2D eigenvalue weighted by Crippen LogP contribution is 2.30. The Labute approximate surface area is 155 Å². The van der Waals surface area contributed by atoms with Crippen molar-refractivity contribution in [2.24, 2.45) is 0 Å². The van der Waals surface area contributed by atoms with E-state index in [2.05, 4.69) is 35.3 Å². The first-order valence-corrected chi connectivity index (χ1v) is 9.95. The van der Waals surface area contributed by atoms with E-state index in [0.29, 0.717) is 10.2 Å². The maximum Gasteiger partial charge on any atom is 0.121 e. The van der Waals surface area contributed by atoms with E-state index < -0.39 is 0 Å². The predicted molar refractivity (Wildman–Crippen MR) is 106 cm³/mol. The second-order valence-electron chi connectivity index (χ2n) is 6.97. The van der Waals surface area contributed by atoms with Crippen LogP contribution in [0.4, 0.5) is 0 Å². The zero-order chi connectivity index (χ0) is 17.5. The maximum absolute atomic E-state index is 9.69. The van der Waals surface area contributed by atoms with Gasteiger partial charge in [-0.05, 0) is 42.4 Å². The van der Waals surface area contributed by atoms with Crippen molar-refractivity contribution in [3.05, 3.63) is 51.7 Å². The van der Waals surface area contributed by atoms with Gasteiger partial charge in [-0.15, -0.1) is 0 Å². The van der Waals surface area contributed by atoms with Gasteiger partial charge in [-0.1, -0.05) is 81.1 Å². The van der Waals surface area contributed by atoms with E-state index in [0.717, 1.165) is 25.0 Å². The number of nitrogens with zero attached hydrogens (tertiary/aromatic N) is 1. The minimum atomic E-state index is 0.590. The van der Waals surface area contributed by atoms with Crippen molar-refractivity contribution in [2.75, 3.05) is 0 Å². The monoisotopic (exact) mass is 350 g/mol. The summed E-state index contributed by atoms with van der Waals surface area (Å²) in [6.07, 6.45) is 12.2. The van der Waals surface area contributed by atoms with Crippen LogP contribution in [0.1, 0.15) is 68.1 Å². The van der Waals surface area contributed by atoms with Crippen LogP contribution in [0.25, 0.3) is 11.3 Å². The van der Waals surface area contributed by atoms with Gasteiger partial charge in [-0.3, -0.25) is 0 Å². The van der Waals surface area contributed by atoms with Gasteiger partial charge >= 0.3 is 0 Å². The second-order valence-corrected chi connectivity index (χ2v) is 7.38. The fraction of sp³-hybridized carbons (Fsp3) is 0.455. The number of hydrogen-bond acceptors (Lipinski definition) is 2. The number of aromatic amines is 1. The van der Waals surface area contributed by atoms with Gasteiger partial charge in [-0.2, -0.15) is 5.26 Å². The number of H-pyrrole nitrogens is 1. The van der Waals surface area contributed by atoms with E-state index in [1.165, 1.54) is 61.6 Å². The molecule has 0 spiro atoms. The van der Waals surface area contributed by atoms with Crippen LogP contribution in [0.15, 0.2) is 30.3 Å². The summed E-state index contributed by atoms with van der Waals surface area (Å²) in [7, 11) is 0. The normalized spacial score (nSPS) is 16.1. The average Bonchev–Trinajstić information content (AvgIpc) is 2.63. The van der Waals surface area contributed by atoms with Crippen molar-refractivity contribution in [1.29, 1.82) is 5.26 Å². The van der Waals surface area contributed by atoms with Crippen LogP contribution in [-0.4, -0.2) is 4.98 Å².